The summed E-state index contributed by atoms with van der Waals surface area (Å²) < 4.78 is 5.58. The third kappa shape index (κ3) is 3.20. The average Bonchev–Trinajstić information content (AvgIpc) is 2.92. The van der Waals surface area contributed by atoms with Crippen molar-refractivity contribution in [2.24, 2.45) is 0 Å². The van der Waals surface area contributed by atoms with Crippen molar-refractivity contribution in [3.8, 4) is 11.5 Å². The molecule has 0 aliphatic heterocycles. The molecule has 0 radical (unpaired) electrons. The number of oxazole rings is 1. The van der Waals surface area contributed by atoms with Crippen molar-refractivity contribution in [1.82, 2.24) is 4.98 Å². The zero-order chi connectivity index (χ0) is 15.2. The highest BCUT2D eigenvalue weighted by Crippen LogP contribution is 2.24. The van der Waals surface area contributed by atoms with Crippen LogP contribution in [0.3, 0.4) is 0 Å². The van der Waals surface area contributed by atoms with Gasteiger partial charge in [0.25, 0.3) is 0 Å². The number of carboxylic acid groups (broad SMARTS) is 1. The maximum Gasteiger partial charge on any atom is 0.373 e. The molecular weight excluding hydrogens is 274 g/mol. The van der Waals surface area contributed by atoms with E-state index in [4.69, 9.17) is 19.1 Å². The van der Waals surface area contributed by atoms with Gasteiger partial charge in [0.15, 0.2) is 5.58 Å². The van der Waals surface area contributed by atoms with Crippen LogP contribution in [0, 0.1) is 0 Å². The number of hydrogen-bond donors (Lipinski definition) is 1. The summed E-state index contributed by atoms with van der Waals surface area (Å²) in [7, 11) is 0. The molecule has 0 aliphatic carbocycles. The van der Waals surface area contributed by atoms with Gasteiger partial charge in [-0.25, -0.2) is 9.78 Å². The standard InChI is InChI=1S/C14H9NO3.CO2/c16-14(17)10-5-3-4-9(8-10)13-15-11-6-1-2-7-12(11)18-13;2-1-3/h1-8H,(H,16,17);. The van der Waals surface area contributed by atoms with Gasteiger partial charge in [0.05, 0.1) is 5.56 Å². The summed E-state index contributed by atoms with van der Waals surface area (Å²) in [6.45, 7) is 0. The Bertz CT molecular complexity index is 783. The van der Waals surface area contributed by atoms with Crippen LogP contribution in [-0.2, 0) is 9.59 Å². The lowest BCUT2D eigenvalue weighted by atomic mass is 10.1. The van der Waals surface area contributed by atoms with Gasteiger partial charge in [-0.15, -0.1) is 0 Å². The molecule has 6 heteroatoms. The summed E-state index contributed by atoms with van der Waals surface area (Å²) in [5, 5.41) is 8.94. The summed E-state index contributed by atoms with van der Waals surface area (Å²) in [4.78, 5) is 31.5. The van der Waals surface area contributed by atoms with Crippen LogP contribution in [-0.4, -0.2) is 22.2 Å². The van der Waals surface area contributed by atoms with Crippen molar-refractivity contribution in [2.75, 3.05) is 0 Å². The topological polar surface area (TPSA) is 97.5 Å². The predicted molar refractivity (Wildman–Crippen MR) is 71.4 cm³/mol. The minimum Gasteiger partial charge on any atom is -0.478 e. The molecule has 0 bridgehead atoms. The summed E-state index contributed by atoms with van der Waals surface area (Å²) >= 11 is 0. The molecule has 0 amide bonds. The number of fused-ring (bicyclic) bond motifs is 1. The number of aromatic nitrogens is 1. The van der Waals surface area contributed by atoms with Crippen molar-refractivity contribution >= 4 is 23.2 Å². The van der Waals surface area contributed by atoms with Gasteiger partial charge in [-0.1, -0.05) is 18.2 Å². The van der Waals surface area contributed by atoms with Crippen molar-refractivity contribution in [3.05, 3.63) is 54.1 Å². The highest BCUT2D eigenvalue weighted by molar-refractivity contribution is 5.89. The van der Waals surface area contributed by atoms with Gasteiger partial charge in [-0.3, -0.25) is 0 Å². The molecule has 6 nitrogen and oxygen atoms in total. The Morgan fingerprint density at radius 3 is 2.48 bits per heavy atom. The van der Waals surface area contributed by atoms with Crippen LogP contribution in [0.5, 0.6) is 0 Å². The smallest absolute Gasteiger partial charge is 0.373 e. The second-order valence-electron chi connectivity index (χ2n) is 3.96. The highest BCUT2D eigenvalue weighted by atomic mass is 16.4. The van der Waals surface area contributed by atoms with E-state index in [2.05, 4.69) is 4.98 Å². The van der Waals surface area contributed by atoms with E-state index >= 15 is 0 Å². The van der Waals surface area contributed by atoms with E-state index in [0.29, 0.717) is 17.0 Å². The summed E-state index contributed by atoms with van der Waals surface area (Å²) in [5.74, 6) is -0.535. The first-order chi connectivity index (χ1) is 10.2. The lowest BCUT2D eigenvalue weighted by molar-refractivity contribution is -0.191. The highest BCUT2D eigenvalue weighted by Gasteiger charge is 2.10. The molecule has 0 fully saturated rings. The normalized spacial score (nSPS) is 9.52. The Kier molecular flexibility index (Phi) is 4.23. The summed E-state index contributed by atoms with van der Waals surface area (Å²) in [5.41, 5.74) is 2.32. The quantitative estimate of drug-likeness (QED) is 0.776. The van der Waals surface area contributed by atoms with Crippen molar-refractivity contribution < 1.29 is 23.9 Å². The van der Waals surface area contributed by atoms with Gasteiger partial charge < -0.3 is 9.52 Å². The largest absolute Gasteiger partial charge is 0.478 e. The minimum absolute atomic E-state index is 0.217. The lowest BCUT2D eigenvalue weighted by Crippen LogP contribution is -1.95. The van der Waals surface area contributed by atoms with Crippen LogP contribution in [0.4, 0.5) is 0 Å². The summed E-state index contributed by atoms with van der Waals surface area (Å²) in [6, 6.07) is 14.0. The molecule has 21 heavy (non-hydrogen) atoms. The van der Waals surface area contributed by atoms with Crippen molar-refractivity contribution in [2.45, 2.75) is 0 Å². The second kappa shape index (κ2) is 6.27. The SMILES string of the molecule is O=C(O)c1cccc(-c2nc3ccccc3o2)c1.O=C=O. The zero-order valence-electron chi connectivity index (χ0n) is 10.6. The molecule has 0 saturated heterocycles. The first kappa shape index (κ1) is 14.2. The number of rotatable bonds is 2. The van der Waals surface area contributed by atoms with Crippen molar-refractivity contribution in [3.63, 3.8) is 0 Å². The molecule has 104 valence electrons. The summed E-state index contributed by atoms with van der Waals surface area (Å²) in [6.07, 6.45) is 0.250. The van der Waals surface area contributed by atoms with E-state index in [9.17, 15) is 4.79 Å². The van der Waals surface area contributed by atoms with Crippen LogP contribution >= 0.6 is 0 Å². The maximum atomic E-state index is 10.9. The Labute approximate surface area is 118 Å². The van der Waals surface area contributed by atoms with E-state index in [0.717, 1.165) is 5.52 Å². The Balaban J connectivity index is 0.000000497. The van der Waals surface area contributed by atoms with Gasteiger partial charge in [0.1, 0.15) is 5.52 Å². The third-order valence-corrected chi connectivity index (χ3v) is 2.65. The Hall–Kier alpha value is -3.24. The van der Waals surface area contributed by atoms with E-state index in [1.807, 2.05) is 24.3 Å². The predicted octanol–water partition coefficient (Wildman–Crippen LogP) is 2.61. The Morgan fingerprint density at radius 1 is 1.10 bits per heavy atom. The molecule has 0 atom stereocenters. The molecule has 2 aromatic carbocycles. The van der Waals surface area contributed by atoms with E-state index in [1.54, 1.807) is 18.2 Å². The number of carboxylic acids is 1. The average molecular weight is 283 g/mol. The second-order valence-corrected chi connectivity index (χ2v) is 3.96. The fourth-order valence-electron chi connectivity index (χ4n) is 1.78. The van der Waals surface area contributed by atoms with Gasteiger partial charge in [-0.2, -0.15) is 9.59 Å². The van der Waals surface area contributed by atoms with Gasteiger partial charge >= 0.3 is 12.1 Å². The molecule has 0 spiro atoms. The van der Waals surface area contributed by atoms with Crippen molar-refractivity contribution in [1.29, 1.82) is 0 Å². The molecule has 0 saturated carbocycles. The molecule has 0 unspecified atom stereocenters. The molecule has 1 heterocycles. The number of para-hydroxylation sites is 2. The monoisotopic (exact) mass is 283 g/mol. The van der Waals surface area contributed by atoms with E-state index < -0.39 is 5.97 Å². The number of hydrogen-bond acceptors (Lipinski definition) is 5. The molecule has 3 rings (SSSR count). The fourth-order valence-corrected chi connectivity index (χ4v) is 1.78. The molecular formula is C15H9NO5. The first-order valence-corrected chi connectivity index (χ1v) is 5.84. The van der Waals surface area contributed by atoms with Crippen LogP contribution in [0.15, 0.2) is 52.9 Å². The maximum absolute atomic E-state index is 10.9. The molecule has 1 N–H and O–H groups in total. The van der Waals surface area contributed by atoms with Crippen LogP contribution in [0.2, 0.25) is 0 Å². The number of carbonyl (C=O) groups excluding carboxylic acids is 2. The molecule has 0 aliphatic rings. The van der Waals surface area contributed by atoms with E-state index in [-0.39, 0.29) is 11.7 Å². The number of nitrogens with zero attached hydrogens (tertiary/aromatic N) is 1. The third-order valence-electron chi connectivity index (χ3n) is 2.65. The number of aromatic carboxylic acids is 1. The first-order valence-electron chi connectivity index (χ1n) is 5.84. The fraction of sp³-hybridized carbons (Fsp3) is 0. The molecule has 3 aromatic rings. The van der Waals surface area contributed by atoms with Gasteiger partial charge in [0.2, 0.25) is 5.89 Å². The lowest BCUT2D eigenvalue weighted by Gasteiger charge is -1.97. The zero-order valence-corrected chi connectivity index (χ0v) is 10.6. The van der Waals surface area contributed by atoms with E-state index in [1.165, 1.54) is 6.07 Å². The van der Waals surface area contributed by atoms with Crippen LogP contribution in [0.1, 0.15) is 10.4 Å². The number of carbonyl (C=O) groups is 1. The van der Waals surface area contributed by atoms with Crippen LogP contribution < -0.4 is 0 Å². The van der Waals surface area contributed by atoms with Gasteiger partial charge in [0, 0.05) is 5.56 Å². The van der Waals surface area contributed by atoms with Gasteiger partial charge in [-0.05, 0) is 30.3 Å². The minimum atomic E-state index is -0.965. The molecule has 1 aromatic heterocycles. The number of benzene rings is 2. The Morgan fingerprint density at radius 2 is 1.81 bits per heavy atom. The van der Waals surface area contributed by atoms with Crippen LogP contribution in [0.25, 0.3) is 22.6 Å².